The van der Waals surface area contributed by atoms with Gasteiger partial charge in [0.25, 0.3) is 0 Å². The number of benzene rings is 1. The number of unbranched alkanes of at least 4 members (excludes halogenated alkanes) is 3. The van der Waals surface area contributed by atoms with E-state index in [1.165, 1.54) is 24.0 Å². The van der Waals surface area contributed by atoms with Crippen LogP contribution in [0.4, 0.5) is 0 Å². The Balaban J connectivity index is 2.01. The lowest BCUT2D eigenvalue weighted by atomic mass is 10.1. The zero-order valence-corrected chi connectivity index (χ0v) is 16.3. The van der Waals surface area contributed by atoms with Crippen molar-refractivity contribution in [3.63, 3.8) is 0 Å². The van der Waals surface area contributed by atoms with Crippen molar-refractivity contribution in [3.8, 4) is 0 Å². The van der Waals surface area contributed by atoms with E-state index >= 15 is 0 Å². The van der Waals surface area contributed by atoms with Crippen molar-refractivity contribution in [1.29, 1.82) is 0 Å². The molecule has 26 heavy (non-hydrogen) atoms. The zero-order valence-electron chi connectivity index (χ0n) is 16.3. The van der Waals surface area contributed by atoms with Gasteiger partial charge in [0.05, 0.1) is 6.54 Å². The fourth-order valence-electron chi connectivity index (χ4n) is 3.22. The summed E-state index contributed by atoms with van der Waals surface area (Å²) in [5, 5.41) is 0. The van der Waals surface area contributed by atoms with E-state index in [1.54, 1.807) is 0 Å². The average Bonchev–Trinajstić information content (AvgIpc) is 3.05. The first-order valence-electron chi connectivity index (χ1n) is 9.72. The van der Waals surface area contributed by atoms with Gasteiger partial charge < -0.3 is 9.47 Å². The maximum absolute atomic E-state index is 12.6. The molecular weight excluding hydrogens is 320 g/mol. The van der Waals surface area contributed by atoms with Gasteiger partial charge in [0, 0.05) is 31.4 Å². The van der Waals surface area contributed by atoms with Gasteiger partial charge in [-0.2, -0.15) is 0 Å². The Hall–Kier alpha value is -2.29. The second kappa shape index (κ2) is 10.6. The number of carbonyl (C=O) groups is 1. The van der Waals surface area contributed by atoms with Gasteiger partial charge in [0.15, 0.2) is 0 Å². The molecule has 1 aromatic carbocycles. The summed E-state index contributed by atoms with van der Waals surface area (Å²) in [6.45, 7) is 10.2. The van der Waals surface area contributed by atoms with Crippen LogP contribution >= 0.6 is 0 Å². The lowest BCUT2D eigenvalue weighted by Crippen LogP contribution is -2.31. The average molecular weight is 353 g/mol. The molecule has 1 aromatic heterocycles. The van der Waals surface area contributed by atoms with Gasteiger partial charge in [-0.15, -0.1) is 6.58 Å². The normalized spacial score (nSPS) is 10.7. The van der Waals surface area contributed by atoms with E-state index in [1.807, 2.05) is 11.0 Å². The van der Waals surface area contributed by atoms with Gasteiger partial charge >= 0.3 is 0 Å². The highest BCUT2D eigenvalue weighted by molar-refractivity contribution is 5.76. The van der Waals surface area contributed by atoms with Crippen molar-refractivity contribution >= 4 is 5.91 Å². The highest BCUT2D eigenvalue weighted by atomic mass is 16.2. The fraction of sp³-hybridized carbons (Fsp3) is 0.435. The molecule has 0 fully saturated rings. The summed E-state index contributed by atoms with van der Waals surface area (Å²) in [6, 6.07) is 12.7. The third kappa shape index (κ3) is 6.21. The molecule has 0 saturated carbocycles. The van der Waals surface area contributed by atoms with Gasteiger partial charge in [-0.1, -0.05) is 62.1 Å². The Kier molecular flexibility index (Phi) is 8.20. The summed E-state index contributed by atoms with van der Waals surface area (Å²) in [5.41, 5.74) is 3.71. The van der Waals surface area contributed by atoms with Crippen LogP contribution in [-0.4, -0.2) is 21.9 Å². The van der Waals surface area contributed by atoms with Crippen molar-refractivity contribution in [2.45, 2.75) is 59.0 Å². The molecule has 0 atom stereocenters. The molecule has 140 valence electrons. The molecule has 2 aromatic rings. The molecule has 0 spiro atoms. The molecule has 0 N–H and O–H groups in total. The highest BCUT2D eigenvalue weighted by Gasteiger charge is 2.14. The van der Waals surface area contributed by atoms with Crippen LogP contribution in [0.2, 0.25) is 0 Å². The fourth-order valence-corrected chi connectivity index (χ4v) is 3.22. The second-order valence-electron chi connectivity index (χ2n) is 6.99. The second-order valence-corrected chi connectivity index (χ2v) is 6.99. The number of rotatable bonds is 11. The molecule has 0 saturated heterocycles. The predicted molar refractivity (Wildman–Crippen MR) is 109 cm³/mol. The van der Waals surface area contributed by atoms with Crippen LogP contribution in [-0.2, 0) is 17.9 Å². The van der Waals surface area contributed by atoms with Crippen molar-refractivity contribution in [2.24, 2.45) is 0 Å². The summed E-state index contributed by atoms with van der Waals surface area (Å²) < 4.78 is 2.23. The maximum Gasteiger partial charge on any atom is 0.223 e. The van der Waals surface area contributed by atoms with Crippen molar-refractivity contribution in [3.05, 3.63) is 72.1 Å². The van der Waals surface area contributed by atoms with E-state index < -0.39 is 0 Å². The Bertz CT molecular complexity index is 702. The van der Waals surface area contributed by atoms with E-state index in [4.69, 9.17) is 0 Å². The Morgan fingerprint density at radius 2 is 2.04 bits per heavy atom. The van der Waals surface area contributed by atoms with Crippen LogP contribution in [0.5, 0.6) is 0 Å². The number of hydrogen-bond acceptors (Lipinski definition) is 1. The first kappa shape index (κ1) is 20.0. The Morgan fingerprint density at radius 3 is 2.77 bits per heavy atom. The van der Waals surface area contributed by atoms with Gasteiger partial charge in [0.1, 0.15) is 0 Å². The monoisotopic (exact) mass is 352 g/mol. The third-order valence-electron chi connectivity index (χ3n) is 4.66. The first-order chi connectivity index (χ1) is 12.6. The number of amides is 1. The van der Waals surface area contributed by atoms with Gasteiger partial charge in [-0.25, -0.2) is 0 Å². The smallest absolute Gasteiger partial charge is 0.223 e. The molecule has 1 heterocycles. The van der Waals surface area contributed by atoms with Crippen LogP contribution in [0.1, 0.15) is 55.8 Å². The summed E-state index contributed by atoms with van der Waals surface area (Å²) >= 11 is 0. The quantitative estimate of drug-likeness (QED) is 0.396. The van der Waals surface area contributed by atoms with Crippen LogP contribution in [0.25, 0.3) is 0 Å². The predicted octanol–water partition coefficient (Wildman–Crippen LogP) is 5.33. The molecule has 0 unspecified atom stereocenters. The first-order valence-corrected chi connectivity index (χ1v) is 9.72. The van der Waals surface area contributed by atoms with Crippen LogP contribution in [0, 0.1) is 6.92 Å². The van der Waals surface area contributed by atoms with Crippen molar-refractivity contribution in [1.82, 2.24) is 9.47 Å². The lowest BCUT2D eigenvalue weighted by molar-refractivity contribution is -0.131. The number of nitrogens with zero attached hydrogens (tertiary/aromatic N) is 2. The van der Waals surface area contributed by atoms with Crippen LogP contribution in [0.3, 0.4) is 0 Å². The minimum atomic E-state index is 0.226. The molecular formula is C23H32N2O. The molecule has 0 bridgehead atoms. The molecule has 2 rings (SSSR count). The van der Waals surface area contributed by atoms with Gasteiger partial charge in [-0.05, 0) is 31.0 Å². The standard InChI is InChI=1S/C23H32N2O/c1-4-6-7-8-14-23(26)25(15-5-2)19-22-13-10-16-24(22)18-21-12-9-11-20(3)17-21/h5,9-13,16-17H,2,4,6-8,14-15,18-19H2,1,3H3. The largest absolute Gasteiger partial charge is 0.345 e. The van der Waals surface area contributed by atoms with Gasteiger partial charge in [0.2, 0.25) is 5.91 Å². The summed E-state index contributed by atoms with van der Waals surface area (Å²) in [7, 11) is 0. The summed E-state index contributed by atoms with van der Waals surface area (Å²) in [6.07, 6.45) is 9.04. The summed E-state index contributed by atoms with van der Waals surface area (Å²) in [4.78, 5) is 14.5. The van der Waals surface area contributed by atoms with Crippen molar-refractivity contribution in [2.75, 3.05) is 6.54 Å². The molecule has 3 heteroatoms. The summed E-state index contributed by atoms with van der Waals surface area (Å²) in [5.74, 6) is 0.226. The Labute approximate surface area is 158 Å². The molecule has 0 aliphatic carbocycles. The molecule has 1 amide bonds. The van der Waals surface area contributed by atoms with Crippen LogP contribution in [0.15, 0.2) is 55.3 Å². The maximum atomic E-state index is 12.6. The lowest BCUT2D eigenvalue weighted by Gasteiger charge is -2.22. The highest BCUT2D eigenvalue weighted by Crippen LogP contribution is 2.14. The number of aromatic nitrogens is 1. The molecule has 0 radical (unpaired) electrons. The van der Waals surface area contributed by atoms with Gasteiger partial charge in [-0.3, -0.25) is 4.79 Å². The van der Waals surface area contributed by atoms with E-state index in [9.17, 15) is 4.79 Å². The van der Waals surface area contributed by atoms with E-state index in [-0.39, 0.29) is 5.91 Å². The molecule has 3 nitrogen and oxygen atoms in total. The van der Waals surface area contributed by atoms with Crippen LogP contribution < -0.4 is 0 Å². The SMILES string of the molecule is C=CCN(Cc1cccn1Cc1cccc(C)c1)C(=O)CCCCCC. The number of aryl methyl sites for hydroxylation is 1. The van der Waals surface area contributed by atoms with E-state index in [0.717, 1.165) is 25.1 Å². The minimum absolute atomic E-state index is 0.226. The number of carbonyl (C=O) groups excluding carboxylic acids is 1. The van der Waals surface area contributed by atoms with E-state index in [2.05, 4.69) is 67.6 Å². The number of hydrogen-bond donors (Lipinski definition) is 0. The molecule has 0 aliphatic heterocycles. The van der Waals surface area contributed by atoms with Crippen molar-refractivity contribution < 1.29 is 4.79 Å². The minimum Gasteiger partial charge on any atom is -0.345 e. The molecule has 0 aliphatic rings. The third-order valence-corrected chi connectivity index (χ3v) is 4.66. The zero-order chi connectivity index (χ0) is 18.8. The topological polar surface area (TPSA) is 25.2 Å². The van der Waals surface area contributed by atoms with E-state index in [0.29, 0.717) is 19.5 Å². The Morgan fingerprint density at radius 1 is 1.19 bits per heavy atom.